The second kappa shape index (κ2) is 5.33. The Morgan fingerprint density at radius 1 is 1.26 bits per heavy atom. The molecule has 0 aliphatic carbocycles. The van der Waals surface area contributed by atoms with Crippen molar-refractivity contribution >= 4 is 5.78 Å². The first-order chi connectivity index (χ1) is 9.34. The van der Waals surface area contributed by atoms with Gasteiger partial charge < -0.3 is 5.32 Å². The number of nitrogens with one attached hydrogen (secondary N) is 1. The molecule has 0 radical (unpaired) electrons. The molecule has 0 amide bonds. The number of benzene rings is 1. The summed E-state index contributed by atoms with van der Waals surface area (Å²) in [5.41, 5.74) is 4.32. The van der Waals surface area contributed by atoms with Gasteiger partial charge in [0.25, 0.3) is 0 Å². The summed E-state index contributed by atoms with van der Waals surface area (Å²) in [7, 11) is 0. The van der Waals surface area contributed by atoms with Crippen LogP contribution in [0.3, 0.4) is 0 Å². The summed E-state index contributed by atoms with van der Waals surface area (Å²) in [6.45, 7) is 1.81. The zero-order valence-electron chi connectivity index (χ0n) is 10.7. The topological polar surface area (TPSA) is 42.0 Å². The van der Waals surface area contributed by atoms with Crippen molar-refractivity contribution in [2.24, 2.45) is 0 Å². The van der Waals surface area contributed by atoms with Crippen molar-refractivity contribution in [2.45, 2.75) is 19.4 Å². The molecule has 0 spiro atoms. The van der Waals surface area contributed by atoms with Crippen molar-refractivity contribution in [3.8, 4) is 0 Å². The minimum absolute atomic E-state index is 0.187. The van der Waals surface area contributed by atoms with Crippen LogP contribution in [0.2, 0.25) is 0 Å². The van der Waals surface area contributed by atoms with Crippen molar-refractivity contribution in [1.82, 2.24) is 10.3 Å². The number of ketones is 1. The van der Waals surface area contributed by atoms with Gasteiger partial charge in [0.05, 0.1) is 0 Å². The smallest absolute Gasteiger partial charge is 0.167 e. The van der Waals surface area contributed by atoms with Gasteiger partial charge in [-0.1, -0.05) is 24.3 Å². The third-order valence-corrected chi connectivity index (χ3v) is 3.53. The number of rotatable bonds is 3. The molecule has 0 saturated carbocycles. The highest BCUT2D eigenvalue weighted by Gasteiger charge is 2.17. The lowest BCUT2D eigenvalue weighted by Gasteiger charge is -2.19. The first-order valence-corrected chi connectivity index (χ1v) is 6.58. The molecule has 1 aliphatic rings. The highest BCUT2D eigenvalue weighted by Crippen LogP contribution is 2.20. The number of pyridine rings is 1. The van der Waals surface area contributed by atoms with Crippen LogP contribution in [0.4, 0.5) is 0 Å². The van der Waals surface area contributed by atoms with Crippen LogP contribution in [0.1, 0.15) is 27.0 Å². The van der Waals surface area contributed by atoms with E-state index >= 15 is 0 Å². The molecule has 2 heterocycles. The van der Waals surface area contributed by atoms with Crippen LogP contribution in [-0.2, 0) is 19.4 Å². The zero-order chi connectivity index (χ0) is 13.1. The normalized spacial score (nSPS) is 13.9. The Balaban J connectivity index is 1.88. The maximum Gasteiger partial charge on any atom is 0.167 e. The zero-order valence-corrected chi connectivity index (χ0v) is 10.7. The Labute approximate surface area is 112 Å². The Morgan fingerprint density at radius 2 is 2.21 bits per heavy atom. The van der Waals surface area contributed by atoms with Crippen molar-refractivity contribution in [3.05, 3.63) is 65.0 Å². The van der Waals surface area contributed by atoms with Gasteiger partial charge in [0.1, 0.15) is 0 Å². The second-order valence-corrected chi connectivity index (χ2v) is 4.83. The summed E-state index contributed by atoms with van der Waals surface area (Å²) < 4.78 is 0. The largest absolute Gasteiger partial charge is 0.312 e. The van der Waals surface area contributed by atoms with Crippen LogP contribution in [-0.4, -0.2) is 17.3 Å². The minimum Gasteiger partial charge on any atom is -0.312 e. The van der Waals surface area contributed by atoms with Crippen molar-refractivity contribution in [3.63, 3.8) is 0 Å². The molecule has 1 aromatic heterocycles. The number of aromatic nitrogens is 1. The van der Waals surface area contributed by atoms with Crippen LogP contribution in [0, 0.1) is 0 Å². The van der Waals surface area contributed by atoms with Crippen LogP contribution in [0.5, 0.6) is 0 Å². The molecule has 3 heteroatoms. The molecular weight excluding hydrogens is 236 g/mol. The molecule has 96 valence electrons. The van der Waals surface area contributed by atoms with E-state index in [1.54, 1.807) is 12.4 Å². The number of fused-ring (bicyclic) bond motifs is 1. The highest BCUT2D eigenvalue weighted by atomic mass is 16.1. The summed E-state index contributed by atoms with van der Waals surface area (Å²) in [5, 5.41) is 3.34. The highest BCUT2D eigenvalue weighted by molar-refractivity contribution is 5.99. The predicted octanol–water partition coefficient (Wildman–Crippen LogP) is 2.15. The first kappa shape index (κ1) is 12.1. The summed E-state index contributed by atoms with van der Waals surface area (Å²) in [4.78, 5) is 16.5. The van der Waals surface area contributed by atoms with Crippen LogP contribution in [0.25, 0.3) is 0 Å². The Hall–Kier alpha value is -2.00. The van der Waals surface area contributed by atoms with Gasteiger partial charge in [-0.2, -0.15) is 0 Å². The summed E-state index contributed by atoms with van der Waals surface area (Å²) >= 11 is 0. The fourth-order valence-corrected chi connectivity index (χ4v) is 2.58. The average Bonchev–Trinajstić information content (AvgIpc) is 2.47. The lowest BCUT2D eigenvalue weighted by molar-refractivity contribution is 0.0991. The second-order valence-electron chi connectivity index (χ2n) is 4.83. The fraction of sp³-hybridized carbons (Fsp3) is 0.250. The van der Waals surface area contributed by atoms with Crippen molar-refractivity contribution in [1.29, 1.82) is 0 Å². The van der Waals surface area contributed by atoms with Gasteiger partial charge in [-0.05, 0) is 35.7 Å². The van der Waals surface area contributed by atoms with E-state index in [4.69, 9.17) is 0 Å². The number of Topliss-reactive ketones (excluding diaryl/α,β-unsaturated/α-hetero) is 1. The summed E-state index contributed by atoms with van der Waals surface area (Å²) in [5.74, 6) is 0.187. The van der Waals surface area contributed by atoms with Gasteiger partial charge >= 0.3 is 0 Å². The van der Waals surface area contributed by atoms with Gasteiger partial charge in [0.15, 0.2) is 5.78 Å². The molecular formula is C16H16N2O. The van der Waals surface area contributed by atoms with Gasteiger partial charge in [-0.25, -0.2) is 0 Å². The number of hydrogen-bond donors (Lipinski definition) is 1. The lowest BCUT2D eigenvalue weighted by atomic mass is 9.91. The molecule has 0 bridgehead atoms. The molecule has 0 atom stereocenters. The minimum atomic E-state index is 0.187. The molecule has 3 nitrogen and oxygen atoms in total. The molecule has 1 aromatic carbocycles. The Morgan fingerprint density at radius 3 is 3.05 bits per heavy atom. The van der Waals surface area contributed by atoms with Crippen LogP contribution >= 0.6 is 0 Å². The summed E-state index contributed by atoms with van der Waals surface area (Å²) in [6, 6.07) is 9.84. The van der Waals surface area contributed by atoms with E-state index in [-0.39, 0.29) is 5.78 Å². The molecule has 0 fully saturated rings. The summed E-state index contributed by atoms with van der Waals surface area (Å²) in [6.07, 6.45) is 4.85. The molecule has 0 saturated heterocycles. The third kappa shape index (κ3) is 2.56. The predicted molar refractivity (Wildman–Crippen MR) is 74.1 cm³/mol. The maximum absolute atomic E-state index is 12.4. The van der Waals surface area contributed by atoms with E-state index in [0.717, 1.165) is 30.6 Å². The first-order valence-electron chi connectivity index (χ1n) is 6.58. The number of carbonyl (C=O) groups is 1. The van der Waals surface area contributed by atoms with Crippen molar-refractivity contribution in [2.75, 3.05) is 6.54 Å². The van der Waals surface area contributed by atoms with E-state index in [2.05, 4.69) is 16.4 Å². The standard InChI is InChI=1S/C16H16N2O/c19-16(9-12-3-2-7-17-10-12)15-5-1-4-13-11-18-8-6-14(13)15/h1-5,7,10,18H,6,8-9,11H2. The maximum atomic E-state index is 12.4. The van der Waals surface area contributed by atoms with Gasteiger partial charge in [-0.3, -0.25) is 9.78 Å². The molecule has 1 N–H and O–H groups in total. The fourth-order valence-electron chi connectivity index (χ4n) is 2.58. The van der Waals surface area contributed by atoms with E-state index in [9.17, 15) is 4.79 Å². The van der Waals surface area contributed by atoms with Crippen LogP contribution < -0.4 is 5.32 Å². The number of hydrogen-bond acceptors (Lipinski definition) is 3. The average molecular weight is 252 g/mol. The van der Waals surface area contributed by atoms with Crippen LogP contribution in [0.15, 0.2) is 42.7 Å². The van der Waals surface area contributed by atoms with E-state index in [1.807, 2.05) is 24.3 Å². The quantitative estimate of drug-likeness (QED) is 0.851. The third-order valence-electron chi connectivity index (χ3n) is 3.53. The molecule has 0 unspecified atom stereocenters. The molecule has 2 aromatic rings. The van der Waals surface area contributed by atoms with Gasteiger partial charge in [0.2, 0.25) is 0 Å². The van der Waals surface area contributed by atoms with Gasteiger partial charge in [0, 0.05) is 30.9 Å². The Bertz CT molecular complexity index is 593. The Kier molecular flexibility index (Phi) is 3.38. The van der Waals surface area contributed by atoms with Crippen molar-refractivity contribution < 1.29 is 4.79 Å². The van der Waals surface area contributed by atoms with Gasteiger partial charge in [-0.15, -0.1) is 0 Å². The number of nitrogens with zero attached hydrogens (tertiary/aromatic N) is 1. The molecule has 3 rings (SSSR count). The van der Waals surface area contributed by atoms with E-state index < -0.39 is 0 Å². The van der Waals surface area contributed by atoms with E-state index in [1.165, 1.54) is 11.1 Å². The molecule has 1 aliphatic heterocycles. The molecule has 19 heavy (non-hydrogen) atoms. The van der Waals surface area contributed by atoms with E-state index in [0.29, 0.717) is 6.42 Å². The number of carbonyl (C=O) groups excluding carboxylic acids is 1. The SMILES string of the molecule is O=C(Cc1cccnc1)c1cccc2c1CCNC2. The lowest BCUT2D eigenvalue weighted by Crippen LogP contribution is -2.25. The monoisotopic (exact) mass is 252 g/mol.